The second kappa shape index (κ2) is 8.98. The fourth-order valence-corrected chi connectivity index (χ4v) is 3.53. The third-order valence-corrected chi connectivity index (χ3v) is 5.13. The number of aromatic nitrogens is 4. The molecule has 9 heteroatoms. The minimum Gasteiger partial charge on any atom is -0.490 e. The molecular weight excluding hydrogens is 392 g/mol. The minimum atomic E-state index is -1.26. The Morgan fingerprint density at radius 2 is 1.93 bits per heavy atom. The maximum atomic E-state index is 13.9. The number of amides is 1. The normalized spacial score (nSPS) is 17.1. The molecule has 1 aliphatic rings. The highest BCUT2D eigenvalue weighted by molar-refractivity contribution is 5.94. The Morgan fingerprint density at radius 1 is 1.17 bits per heavy atom. The van der Waals surface area contributed by atoms with Crippen molar-refractivity contribution in [2.75, 3.05) is 19.7 Å². The first kappa shape index (κ1) is 19.9. The number of carbonyl (C=O) groups excluding carboxylic acids is 1. The summed E-state index contributed by atoms with van der Waals surface area (Å²) < 4.78 is 33.8. The van der Waals surface area contributed by atoms with Crippen LogP contribution in [0.15, 0.2) is 54.9 Å². The summed E-state index contributed by atoms with van der Waals surface area (Å²) in [5.41, 5.74) is 1.59. The van der Waals surface area contributed by atoms with Gasteiger partial charge in [-0.2, -0.15) is 0 Å². The Kier molecular flexibility index (Phi) is 5.97. The lowest BCUT2D eigenvalue weighted by Crippen LogP contribution is -2.28. The number of benzene rings is 2. The standard InChI is InChI=1S/C21H21F2N5O2/c22-18-5-1-15(2-6-18)17-9-10-27(11-17)21(29)16-3-7-20(8-4-16)30-13-19(23)12-28-14-24-25-26-28/h1-8,14,17,19H,9-13H2. The minimum absolute atomic E-state index is 0.00769. The van der Waals surface area contributed by atoms with Gasteiger partial charge in [-0.05, 0) is 58.8 Å². The van der Waals surface area contributed by atoms with Crippen molar-refractivity contribution in [1.82, 2.24) is 25.1 Å². The Hall–Kier alpha value is -3.36. The molecule has 1 amide bonds. The molecular formula is C21H21F2N5O2. The number of likely N-dealkylation sites (tertiary alicyclic amines) is 1. The smallest absolute Gasteiger partial charge is 0.253 e. The first-order valence-electron chi connectivity index (χ1n) is 9.71. The van der Waals surface area contributed by atoms with Gasteiger partial charge in [0, 0.05) is 24.6 Å². The highest BCUT2D eigenvalue weighted by Gasteiger charge is 2.28. The number of halogens is 2. The van der Waals surface area contributed by atoms with Gasteiger partial charge in [0.1, 0.15) is 24.5 Å². The van der Waals surface area contributed by atoms with Crippen molar-refractivity contribution in [1.29, 1.82) is 0 Å². The first-order chi connectivity index (χ1) is 14.6. The Labute approximate surface area is 172 Å². The molecule has 0 spiro atoms. The molecule has 1 aromatic heterocycles. The average Bonchev–Trinajstić information content (AvgIpc) is 3.45. The van der Waals surface area contributed by atoms with E-state index in [9.17, 15) is 13.6 Å². The number of ether oxygens (including phenoxy) is 1. The van der Waals surface area contributed by atoms with Crippen molar-refractivity contribution in [2.24, 2.45) is 0 Å². The highest BCUT2D eigenvalue weighted by atomic mass is 19.1. The molecule has 2 aromatic carbocycles. The summed E-state index contributed by atoms with van der Waals surface area (Å²) >= 11 is 0. The number of alkyl halides is 1. The molecule has 0 bridgehead atoms. The van der Waals surface area contributed by atoms with Crippen LogP contribution in [0.2, 0.25) is 0 Å². The number of tetrazole rings is 1. The lowest BCUT2D eigenvalue weighted by molar-refractivity contribution is 0.0790. The summed E-state index contributed by atoms with van der Waals surface area (Å²) in [7, 11) is 0. The van der Waals surface area contributed by atoms with Gasteiger partial charge in [0.05, 0.1) is 6.54 Å². The van der Waals surface area contributed by atoms with Crippen molar-refractivity contribution in [3.8, 4) is 5.75 Å². The number of nitrogens with zero attached hydrogens (tertiary/aromatic N) is 5. The van der Waals surface area contributed by atoms with E-state index in [1.165, 1.54) is 23.1 Å². The lowest BCUT2D eigenvalue weighted by Gasteiger charge is -2.17. The van der Waals surface area contributed by atoms with Crippen molar-refractivity contribution in [2.45, 2.75) is 25.1 Å². The molecule has 0 aliphatic carbocycles. The van der Waals surface area contributed by atoms with Crippen LogP contribution in [0.5, 0.6) is 5.75 Å². The van der Waals surface area contributed by atoms with Gasteiger partial charge in [-0.3, -0.25) is 4.79 Å². The molecule has 3 aromatic rings. The maximum absolute atomic E-state index is 13.9. The summed E-state index contributed by atoms with van der Waals surface area (Å²) in [6.07, 6.45) is 0.923. The Bertz CT molecular complexity index is 964. The van der Waals surface area contributed by atoms with Gasteiger partial charge < -0.3 is 9.64 Å². The Morgan fingerprint density at radius 3 is 2.63 bits per heavy atom. The molecule has 2 unspecified atom stereocenters. The number of rotatable bonds is 7. The van der Waals surface area contributed by atoms with Gasteiger partial charge in [-0.25, -0.2) is 13.5 Å². The molecule has 4 rings (SSSR count). The Balaban J connectivity index is 1.29. The zero-order chi connectivity index (χ0) is 20.9. The third kappa shape index (κ3) is 4.79. The van der Waals surface area contributed by atoms with Crippen LogP contribution < -0.4 is 4.74 Å². The zero-order valence-electron chi connectivity index (χ0n) is 16.2. The van der Waals surface area contributed by atoms with Crippen LogP contribution in [0.25, 0.3) is 0 Å². The summed E-state index contributed by atoms with van der Waals surface area (Å²) in [6.45, 7) is 1.12. The second-order valence-corrected chi connectivity index (χ2v) is 7.25. The summed E-state index contributed by atoms with van der Waals surface area (Å²) in [5, 5.41) is 10.5. The van der Waals surface area contributed by atoms with Gasteiger partial charge >= 0.3 is 0 Å². The van der Waals surface area contributed by atoms with Gasteiger partial charge in [0.15, 0.2) is 6.17 Å². The van der Waals surface area contributed by atoms with Gasteiger partial charge in [-0.15, -0.1) is 5.10 Å². The van der Waals surface area contributed by atoms with E-state index in [2.05, 4.69) is 15.5 Å². The SMILES string of the molecule is O=C(c1ccc(OCC(F)Cn2cnnn2)cc1)N1CCC(c2ccc(F)cc2)C1. The van der Waals surface area contributed by atoms with Crippen LogP contribution in [0.1, 0.15) is 28.3 Å². The van der Waals surface area contributed by atoms with E-state index in [1.54, 1.807) is 41.3 Å². The average molecular weight is 413 g/mol. The van der Waals surface area contributed by atoms with Crippen molar-refractivity contribution >= 4 is 5.91 Å². The molecule has 2 atom stereocenters. The molecule has 0 N–H and O–H groups in total. The van der Waals surface area contributed by atoms with Crippen LogP contribution in [-0.4, -0.2) is 56.9 Å². The second-order valence-electron chi connectivity index (χ2n) is 7.25. The molecule has 0 saturated carbocycles. The summed E-state index contributed by atoms with van der Waals surface area (Å²) in [5.74, 6) is 0.366. The van der Waals surface area contributed by atoms with Gasteiger partial charge in [0.25, 0.3) is 5.91 Å². The first-order valence-corrected chi connectivity index (χ1v) is 9.71. The monoisotopic (exact) mass is 413 g/mol. The van der Waals surface area contributed by atoms with E-state index in [0.717, 1.165) is 12.0 Å². The van der Waals surface area contributed by atoms with Gasteiger partial charge in [-0.1, -0.05) is 12.1 Å². The molecule has 0 radical (unpaired) electrons. The van der Waals surface area contributed by atoms with Gasteiger partial charge in [0.2, 0.25) is 0 Å². The third-order valence-electron chi connectivity index (χ3n) is 5.13. The van der Waals surface area contributed by atoms with Crippen LogP contribution in [0.4, 0.5) is 8.78 Å². The van der Waals surface area contributed by atoms with Crippen LogP contribution >= 0.6 is 0 Å². The summed E-state index contributed by atoms with van der Waals surface area (Å²) in [6, 6.07) is 13.1. The topological polar surface area (TPSA) is 73.1 Å². The molecule has 1 aliphatic heterocycles. The van der Waals surface area contributed by atoms with E-state index in [0.29, 0.717) is 24.4 Å². The fourth-order valence-electron chi connectivity index (χ4n) is 3.53. The molecule has 30 heavy (non-hydrogen) atoms. The maximum Gasteiger partial charge on any atom is 0.253 e. The predicted octanol–water partition coefficient (Wildman–Crippen LogP) is 2.86. The molecule has 1 saturated heterocycles. The van der Waals surface area contributed by atoms with Crippen molar-refractivity contribution < 1.29 is 18.3 Å². The number of hydrogen-bond acceptors (Lipinski definition) is 5. The van der Waals surface area contributed by atoms with E-state index in [4.69, 9.17) is 4.74 Å². The fraction of sp³-hybridized carbons (Fsp3) is 0.333. The molecule has 156 valence electrons. The molecule has 1 fully saturated rings. The van der Waals surface area contributed by atoms with Crippen LogP contribution in [0, 0.1) is 5.82 Å². The molecule has 7 nitrogen and oxygen atoms in total. The highest BCUT2D eigenvalue weighted by Crippen LogP contribution is 2.28. The quantitative estimate of drug-likeness (QED) is 0.596. The van der Waals surface area contributed by atoms with Crippen LogP contribution in [0.3, 0.4) is 0 Å². The van der Waals surface area contributed by atoms with E-state index in [-0.39, 0.29) is 30.8 Å². The lowest BCUT2D eigenvalue weighted by atomic mass is 9.99. The summed E-state index contributed by atoms with van der Waals surface area (Å²) in [4.78, 5) is 14.6. The molecule has 2 heterocycles. The van der Waals surface area contributed by atoms with Crippen molar-refractivity contribution in [3.63, 3.8) is 0 Å². The zero-order valence-corrected chi connectivity index (χ0v) is 16.2. The predicted molar refractivity (Wildman–Crippen MR) is 104 cm³/mol. The van der Waals surface area contributed by atoms with E-state index >= 15 is 0 Å². The van der Waals surface area contributed by atoms with E-state index < -0.39 is 6.17 Å². The number of hydrogen-bond donors (Lipinski definition) is 0. The van der Waals surface area contributed by atoms with E-state index in [1.807, 2.05) is 0 Å². The van der Waals surface area contributed by atoms with Crippen LogP contribution in [-0.2, 0) is 6.54 Å². The van der Waals surface area contributed by atoms with Crippen molar-refractivity contribution in [3.05, 3.63) is 71.8 Å². The largest absolute Gasteiger partial charge is 0.490 e. The number of carbonyl (C=O) groups is 1.